The van der Waals surface area contributed by atoms with Crippen LogP contribution in [0.2, 0.25) is 0 Å². The van der Waals surface area contributed by atoms with E-state index < -0.39 is 6.04 Å². The number of nitrogens with zero attached hydrogens (tertiary/aromatic N) is 1. The van der Waals surface area contributed by atoms with E-state index in [-0.39, 0.29) is 17.9 Å². The van der Waals surface area contributed by atoms with Gasteiger partial charge in [-0.05, 0) is 20.3 Å². The number of ether oxygens (including phenoxy) is 1. The molecule has 0 aromatic heterocycles. The van der Waals surface area contributed by atoms with Crippen molar-refractivity contribution in [1.82, 2.24) is 10.2 Å². The zero-order valence-electron chi connectivity index (χ0n) is 11.1. The smallest absolute Gasteiger partial charge is 0.245 e. The van der Waals surface area contributed by atoms with Gasteiger partial charge in [0.15, 0.2) is 0 Å². The summed E-state index contributed by atoms with van der Waals surface area (Å²) in [5.41, 5.74) is 5.58. The second-order valence-corrected chi connectivity index (χ2v) is 4.74. The van der Waals surface area contributed by atoms with E-state index in [1.807, 2.05) is 6.92 Å². The zero-order chi connectivity index (χ0) is 13.5. The molecule has 2 unspecified atom stereocenters. The predicted octanol–water partition coefficient (Wildman–Crippen LogP) is -0.523. The quantitative estimate of drug-likeness (QED) is 0.694. The van der Waals surface area contributed by atoms with E-state index in [9.17, 15) is 9.59 Å². The number of nitrogens with one attached hydrogen (secondary N) is 1. The molecule has 0 spiro atoms. The van der Waals surface area contributed by atoms with Crippen molar-refractivity contribution in [2.45, 2.75) is 38.8 Å². The Morgan fingerprint density at radius 2 is 1.94 bits per heavy atom. The first-order valence-electron chi connectivity index (χ1n) is 6.42. The van der Waals surface area contributed by atoms with E-state index in [0.717, 1.165) is 0 Å². The maximum absolute atomic E-state index is 12.0. The van der Waals surface area contributed by atoms with Gasteiger partial charge in [-0.2, -0.15) is 0 Å². The minimum absolute atomic E-state index is 0.000927. The summed E-state index contributed by atoms with van der Waals surface area (Å²) in [5, 5.41) is 2.71. The number of nitrogens with two attached hydrogens (primary N) is 1. The summed E-state index contributed by atoms with van der Waals surface area (Å²) in [5.74, 6) is -0.172. The molecule has 0 aromatic rings. The molecule has 1 saturated heterocycles. The third kappa shape index (κ3) is 5.01. The van der Waals surface area contributed by atoms with Crippen LogP contribution < -0.4 is 11.1 Å². The molecule has 0 aromatic carbocycles. The van der Waals surface area contributed by atoms with Crippen LogP contribution in [0.4, 0.5) is 0 Å². The average Bonchev–Trinajstić information content (AvgIpc) is 2.36. The normalized spacial score (nSPS) is 19.2. The van der Waals surface area contributed by atoms with Crippen molar-refractivity contribution in [2.75, 3.05) is 26.3 Å². The second kappa shape index (κ2) is 7.33. The summed E-state index contributed by atoms with van der Waals surface area (Å²) in [7, 11) is 0. The van der Waals surface area contributed by atoms with E-state index in [1.54, 1.807) is 11.8 Å². The Morgan fingerprint density at radius 3 is 2.50 bits per heavy atom. The molecular formula is C12H23N3O3. The van der Waals surface area contributed by atoms with Gasteiger partial charge in [-0.3, -0.25) is 9.59 Å². The highest BCUT2D eigenvalue weighted by molar-refractivity contribution is 5.87. The van der Waals surface area contributed by atoms with Gasteiger partial charge in [0.2, 0.25) is 11.8 Å². The van der Waals surface area contributed by atoms with Gasteiger partial charge in [0.1, 0.15) is 6.04 Å². The molecular weight excluding hydrogens is 234 g/mol. The van der Waals surface area contributed by atoms with Gasteiger partial charge in [0.05, 0.1) is 13.2 Å². The van der Waals surface area contributed by atoms with Crippen LogP contribution in [-0.2, 0) is 14.3 Å². The van der Waals surface area contributed by atoms with Crippen molar-refractivity contribution in [3.8, 4) is 0 Å². The van der Waals surface area contributed by atoms with Gasteiger partial charge in [-0.15, -0.1) is 0 Å². The van der Waals surface area contributed by atoms with Gasteiger partial charge in [0.25, 0.3) is 0 Å². The molecule has 0 aliphatic carbocycles. The van der Waals surface area contributed by atoms with E-state index in [1.165, 1.54) is 0 Å². The lowest BCUT2D eigenvalue weighted by atomic mass is 10.2. The first-order chi connectivity index (χ1) is 8.50. The topological polar surface area (TPSA) is 84.7 Å². The summed E-state index contributed by atoms with van der Waals surface area (Å²) in [6.45, 7) is 5.89. The summed E-state index contributed by atoms with van der Waals surface area (Å²) < 4.78 is 5.18. The summed E-state index contributed by atoms with van der Waals surface area (Å²) in [6.07, 6.45) is 0.989. The molecule has 1 aliphatic heterocycles. The number of carbonyl (C=O) groups is 2. The Kier molecular flexibility index (Phi) is 6.07. The molecule has 0 saturated carbocycles. The number of rotatable bonds is 5. The minimum atomic E-state index is -0.483. The van der Waals surface area contributed by atoms with Crippen LogP contribution in [0.15, 0.2) is 0 Å². The molecule has 1 aliphatic rings. The van der Waals surface area contributed by atoms with Crippen LogP contribution in [0.1, 0.15) is 26.7 Å². The molecule has 104 valence electrons. The van der Waals surface area contributed by atoms with Crippen LogP contribution in [0.25, 0.3) is 0 Å². The highest BCUT2D eigenvalue weighted by atomic mass is 16.5. The second-order valence-electron chi connectivity index (χ2n) is 4.74. The van der Waals surface area contributed by atoms with E-state index in [4.69, 9.17) is 10.5 Å². The molecule has 6 heteroatoms. The Hall–Kier alpha value is -1.14. The molecule has 1 rings (SSSR count). The van der Waals surface area contributed by atoms with E-state index in [2.05, 4.69) is 5.32 Å². The largest absolute Gasteiger partial charge is 0.378 e. The predicted molar refractivity (Wildman–Crippen MR) is 67.9 cm³/mol. The average molecular weight is 257 g/mol. The van der Waals surface area contributed by atoms with E-state index in [0.29, 0.717) is 39.1 Å². The summed E-state index contributed by atoms with van der Waals surface area (Å²) >= 11 is 0. The highest BCUT2D eigenvalue weighted by Crippen LogP contribution is 2.01. The van der Waals surface area contributed by atoms with Crippen molar-refractivity contribution in [3.63, 3.8) is 0 Å². The third-order valence-electron chi connectivity index (χ3n) is 2.90. The fraction of sp³-hybridized carbons (Fsp3) is 0.833. The fourth-order valence-corrected chi connectivity index (χ4v) is 1.79. The van der Waals surface area contributed by atoms with Crippen molar-refractivity contribution in [1.29, 1.82) is 0 Å². The molecule has 1 heterocycles. The van der Waals surface area contributed by atoms with Gasteiger partial charge in [-0.1, -0.05) is 0 Å². The fourth-order valence-electron chi connectivity index (χ4n) is 1.79. The maximum Gasteiger partial charge on any atom is 0.245 e. The SMILES string of the molecule is CC(N)CCC(=O)NC(C)C(=O)N1CCOCC1. The Morgan fingerprint density at radius 1 is 1.33 bits per heavy atom. The molecule has 2 atom stereocenters. The Labute approximate surface area is 108 Å². The first kappa shape index (κ1) is 14.9. The van der Waals surface area contributed by atoms with Crippen LogP contribution in [0, 0.1) is 0 Å². The maximum atomic E-state index is 12.0. The summed E-state index contributed by atoms with van der Waals surface area (Å²) in [4.78, 5) is 25.3. The Balaban J connectivity index is 2.32. The first-order valence-corrected chi connectivity index (χ1v) is 6.42. The molecule has 1 fully saturated rings. The number of amides is 2. The van der Waals surface area contributed by atoms with Crippen molar-refractivity contribution in [3.05, 3.63) is 0 Å². The minimum Gasteiger partial charge on any atom is -0.378 e. The number of carbonyl (C=O) groups excluding carboxylic acids is 2. The lowest BCUT2D eigenvalue weighted by Gasteiger charge is -2.29. The number of hydrogen-bond acceptors (Lipinski definition) is 4. The molecule has 3 N–H and O–H groups in total. The van der Waals surface area contributed by atoms with Gasteiger partial charge >= 0.3 is 0 Å². The van der Waals surface area contributed by atoms with E-state index >= 15 is 0 Å². The molecule has 0 bridgehead atoms. The van der Waals surface area contributed by atoms with Crippen LogP contribution in [0.3, 0.4) is 0 Å². The van der Waals surface area contributed by atoms with Crippen LogP contribution >= 0.6 is 0 Å². The molecule has 6 nitrogen and oxygen atoms in total. The lowest BCUT2D eigenvalue weighted by molar-refractivity contribution is -0.139. The van der Waals surface area contributed by atoms with Crippen molar-refractivity contribution >= 4 is 11.8 Å². The lowest BCUT2D eigenvalue weighted by Crippen LogP contribution is -2.50. The Bertz CT molecular complexity index is 288. The highest BCUT2D eigenvalue weighted by Gasteiger charge is 2.23. The van der Waals surface area contributed by atoms with Crippen molar-refractivity contribution in [2.24, 2.45) is 5.73 Å². The van der Waals surface area contributed by atoms with Crippen LogP contribution in [0.5, 0.6) is 0 Å². The standard InChI is InChI=1S/C12H23N3O3/c1-9(13)3-4-11(16)14-10(2)12(17)15-5-7-18-8-6-15/h9-10H,3-8,13H2,1-2H3,(H,14,16). The molecule has 2 amide bonds. The summed E-state index contributed by atoms with van der Waals surface area (Å²) in [6, 6.07) is -0.482. The number of hydrogen-bond donors (Lipinski definition) is 2. The zero-order valence-corrected chi connectivity index (χ0v) is 11.1. The van der Waals surface area contributed by atoms with Gasteiger partial charge in [0, 0.05) is 25.6 Å². The van der Waals surface area contributed by atoms with Gasteiger partial charge in [-0.25, -0.2) is 0 Å². The number of morpholine rings is 1. The van der Waals surface area contributed by atoms with Gasteiger partial charge < -0.3 is 20.7 Å². The molecule has 18 heavy (non-hydrogen) atoms. The van der Waals surface area contributed by atoms with Crippen molar-refractivity contribution < 1.29 is 14.3 Å². The molecule has 0 radical (unpaired) electrons. The monoisotopic (exact) mass is 257 g/mol. The van der Waals surface area contributed by atoms with Crippen LogP contribution in [-0.4, -0.2) is 55.1 Å². The third-order valence-corrected chi connectivity index (χ3v) is 2.90.